The van der Waals surface area contributed by atoms with Crippen LogP contribution in [0.2, 0.25) is 5.02 Å². The molecule has 0 aromatic heterocycles. The molecule has 0 bridgehead atoms. The van der Waals surface area contributed by atoms with Crippen molar-refractivity contribution in [3.05, 3.63) is 66.6 Å². The van der Waals surface area contributed by atoms with Crippen LogP contribution in [-0.4, -0.2) is 5.11 Å². The molecular formula is C18H20BrClO. The SMILES string of the molecule is Cc1c(C)c(C)c(C(O)c2ccc(Cl)cc2Br)c(C)c1C. The highest BCUT2D eigenvalue weighted by Gasteiger charge is 2.21. The smallest absolute Gasteiger partial charge is 0.106 e. The molecule has 2 aromatic carbocycles. The van der Waals surface area contributed by atoms with E-state index in [0.717, 1.165) is 26.7 Å². The summed E-state index contributed by atoms with van der Waals surface area (Å²) >= 11 is 9.49. The van der Waals surface area contributed by atoms with E-state index in [2.05, 4.69) is 50.5 Å². The van der Waals surface area contributed by atoms with Crippen molar-refractivity contribution in [1.29, 1.82) is 0 Å². The molecule has 0 heterocycles. The summed E-state index contributed by atoms with van der Waals surface area (Å²) in [6.07, 6.45) is -0.658. The first kappa shape index (κ1) is 16.5. The molecular weight excluding hydrogens is 348 g/mol. The molecule has 2 rings (SSSR count). The molecule has 1 N–H and O–H groups in total. The van der Waals surface area contributed by atoms with Gasteiger partial charge < -0.3 is 5.11 Å². The minimum Gasteiger partial charge on any atom is -0.384 e. The van der Waals surface area contributed by atoms with Crippen molar-refractivity contribution >= 4 is 27.5 Å². The monoisotopic (exact) mass is 366 g/mol. The van der Waals surface area contributed by atoms with E-state index in [1.807, 2.05) is 18.2 Å². The quantitative estimate of drug-likeness (QED) is 0.719. The molecule has 1 unspecified atom stereocenters. The Bertz CT molecular complexity index is 678. The van der Waals surface area contributed by atoms with Crippen LogP contribution >= 0.6 is 27.5 Å². The Kier molecular flexibility index (Phi) is 4.82. The summed E-state index contributed by atoms with van der Waals surface area (Å²) in [5, 5.41) is 11.5. The molecule has 1 nitrogen and oxygen atoms in total. The van der Waals surface area contributed by atoms with E-state index in [0.29, 0.717) is 5.02 Å². The molecule has 112 valence electrons. The van der Waals surface area contributed by atoms with Crippen LogP contribution in [0.5, 0.6) is 0 Å². The van der Waals surface area contributed by atoms with E-state index in [-0.39, 0.29) is 0 Å². The normalized spacial score (nSPS) is 12.6. The van der Waals surface area contributed by atoms with Crippen LogP contribution in [0.3, 0.4) is 0 Å². The van der Waals surface area contributed by atoms with Crippen molar-refractivity contribution < 1.29 is 5.11 Å². The fourth-order valence-electron chi connectivity index (χ4n) is 2.82. The number of aliphatic hydroxyl groups is 1. The second-order valence-electron chi connectivity index (χ2n) is 5.61. The summed E-state index contributed by atoms with van der Waals surface area (Å²) < 4.78 is 0.831. The number of rotatable bonds is 2. The molecule has 0 saturated heterocycles. The molecule has 0 saturated carbocycles. The number of hydrogen-bond donors (Lipinski definition) is 1. The molecule has 0 fully saturated rings. The maximum atomic E-state index is 10.9. The Morgan fingerprint density at radius 2 is 1.38 bits per heavy atom. The summed E-state index contributed by atoms with van der Waals surface area (Å²) in [4.78, 5) is 0. The van der Waals surface area contributed by atoms with Crippen molar-refractivity contribution in [1.82, 2.24) is 0 Å². The van der Waals surface area contributed by atoms with Gasteiger partial charge in [-0.2, -0.15) is 0 Å². The highest BCUT2D eigenvalue weighted by atomic mass is 79.9. The topological polar surface area (TPSA) is 20.2 Å². The van der Waals surface area contributed by atoms with Crippen LogP contribution in [0.1, 0.15) is 45.0 Å². The lowest BCUT2D eigenvalue weighted by molar-refractivity contribution is 0.218. The molecule has 0 spiro atoms. The van der Waals surface area contributed by atoms with Crippen LogP contribution in [-0.2, 0) is 0 Å². The maximum absolute atomic E-state index is 10.9. The zero-order valence-electron chi connectivity index (χ0n) is 13.0. The molecule has 2 aromatic rings. The predicted molar refractivity (Wildman–Crippen MR) is 93.3 cm³/mol. The van der Waals surface area contributed by atoms with Gasteiger partial charge in [0.25, 0.3) is 0 Å². The highest BCUT2D eigenvalue weighted by molar-refractivity contribution is 9.10. The van der Waals surface area contributed by atoms with Crippen molar-refractivity contribution in [3.63, 3.8) is 0 Å². The number of halogens is 2. The van der Waals surface area contributed by atoms with Crippen LogP contribution in [0.25, 0.3) is 0 Å². The Hall–Kier alpha value is -0.830. The van der Waals surface area contributed by atoms with Gasteiger partial charge in [0, 0.05) is 9.50 Å². The lowest BCUT2D eigenvalue weighted by atomic mass is 9.85. The molecule has 3 heteroatoms. The van der Waals surface area contributed by atoms with Crippen LogP contribution in [0.15, 0.2) is 22.7 Å². The summed E-state index contributed by atoms with van der Waals surface area (Å²) in [5.41, 5.74) is 7.95. The summed E-state index contributed by atoms with van der Waals surface area (Å²) in [6, 6.07) is 5.50. The number of hydrogen-bond acceptors (Lipinski definition) is 1. The average Bonchev–Trinajstić information content (AvgIpc) is 2.43. The summed E-state index contributed by atoms with van der Waals surface area (Å²) in [6.45, 7) is 10.5. The molecule has 0 aliphatic rings. The van der Waals surface area contributed by atoms with E-state index in [1.54, 1.807) is 0 Å². The van der Waals surface area contributed by atoms with Gasteiger partial charge >= 0.3 is 0 Å². The average molecular weight is 368 g/mol. The van der Waals surface area contributed by atoms with Gasteiger partial charge in [-0.25, -0.2) is 0 Å². The first-order valence-corrected chi connectivity index (χ1v) is 8.12. The summed E-state index contributed by atoms with van der Waals surface area (Å²) in [5.74, 6) is 0. The van der Waals surface area contributed by atoms with E-state index < -0.39 is 6.10 Å². The Morgan fingerprint density at radius 1 is 0.905 bits per heavy atom. The van der Waals surface area contributed by atoms with E-state index in [1.165, 1.54) is 16.7 Å². The van der Waals surface area contributed by atoms with Crippen LogP contribution < -0.4 is 0 Å². The first-order valence-electron chi connectivity index (χ1n) is 6.95. The molecule has 1 atom stereocenters. The lowest BCUT2D eigenvalue weighted by Crippen LogP contribution is -2.09. The Morgan fingerprint density at radius 3 is 1.86 bits per heavy atom. The third-order valence-electron chi connectivity index (χ3n) is 4.59. The van der Waals surface area contributed by atoms with Gasteiger partial charge in [-0.05, 0) is 85.7 Å². The van der Waals surface area contributed by atoms with Gasteiger partial charge in [0.15, 0.2) is 0 Å². The maximum Gasteiger partial charge on any atom is 0.106 e. The van der Waals surface area contributed by atoms with E-state index in [9.17, 15) is 5.11 Å². The second kappa shape index (κ2) is 6.12. The van der Waals surface area contributed by atoms with Crippen LogP contribution in [0, 0.1) is 34.6 Å². The molecule has 0 radical (unpaired) electrons. The second-order valence-corrected chi connectivity index (χ2v) is 6.90. The van der Waals surface area contributed by atoms with Crippen LogP contribution in [0.4, 0.5) is 0 Å². The lowest BCUT2D eigenvalue weighted by Gasteiger charge is -2.23. The van der Waals surface area contributed by atoms with Crippen molar-refractivity contribution in [2.75, 3.05) is 0 Å². The Labute approximate surface area is 140 Å². The number of benzene rings is 2. The van der Waals surface area contributed by atoms with Crippen molar-refractivity contribution in [2.24, 2.45) is 0 Å². The molecule has 0 aliphatic heterocycles. The van der Waals surface area contributed by atoms with Gasteiger partial charge in [-0.15, -0.1) is 0 Å². The predicted octanol–water partition coefficient (Wildman–Crippen LogP) is 5.73. The van der Waals surface area contributed by atoms with Crippen molar-refractivity contribution in [2.45, 2.75) is 40.7 Å². The first-order chi connectivity index (χ1) is 9.75. The molecule has 0 amide bonds. The minimum absolute atomic E-state index is 0.655. The number of aliphatic hydroxyl groups excluding tert-OH is 1. The highest BCUT2D eigenvalue weighted by Crippen LogP contribution is 2.36. The van der Waals surface area contributed by atoms with Gasteiger partial charge in [-0.3, -0.25) is 0 Å². The largest absolute Gasteiger partial charge is 0.384 e. The fourth-order valence-corrected chi connectivity index (χ4v) is 3.72. The third kappa shape index (κ3) is 2.90. The van der Waals surface area contributed by atoms with Gasteiger partial charge in [0.05, 0.1) is 0 Å². The third-order valence-corrected chi connectivity index (χ3v) is 5.51. The summed E-state index contributed by atoms with van der Waals surface area (Å²) in [7, 11) is 0. The van der Waals surface area contributed by atoms with E-state index >= 15 is 0 Å². The van der Waals surface area contributed by atoms with E-state index in [4.69, 9.17) is 11.6 Å². The molecule has 0 aliphatic carbocycles. The zero-order valence-corrected chi connectivity index (χ0v) is 15.4. The van der Waals surface area contributed by atoms with Gasteiger partial charge in [0.2, 0.25) is 0 Å². The molecule has 21 heavy (non-hydrogen) atoms. The van der Waals surface area contributed by atoms with Crippen molar-refractivity contribution in [3.8, 4) is 0 Å². The Balaban J connectivity index is 2.66. The minimum atomic E-state index is -0.658. The standard InChI is InChI=1S/C18H20BrClO/c1-9-10(2)12(4)17(13(5)11(9)3)18(21)15-7-6-14(20)8-16(15)19/h6-8,18,21H,1-5H3. The zero-order chi connectivity index (χ0) is 15.9. The van der Waals surface area contributed by atoms with Gasteiger partial charge in [-0.1, -0.05) is 33.6 Å². The fraction of sp³-hybridized carbons (Fsp3) is 0.333. The van der Waals surface area contributed by atoms with Gasteiger partial charge in [0.1, 0.15) is 6.10 Å².